The summed E-state index contributed by atoms with van der Waals surface area (Å²) in [5.74, 6) is 0.0798. The number of nitrogens with one attached hydrogen (secondary N) is 1. The predicted molar refractivity (Wildman–Crippen MR) is 118 cm³/mol. The molecule has 1 spiro atoms. The van der Waals surface area contributed by atoms with Crippen LogP contribution in [-0.4, -0.2) is 54.3 Å². The van der Waals surface area contributed by atoms with E-state index in [2.05, 4.69) is 54.6 Å². The number of hydrogen-bond donors (Lipinski definition) is 1. The van der Waals surface area contributed by atoms with Gasteiger partial charge in [0.1, 0.15) is 0 Å². The maximum absolute atomic E-state index is 12.7. The van der Waals surface area contributed by atoms with Crippen molar-refractivity contribution in [1.29, 1.82) is 0 Å². The Labute approximate surface area is 179 Å². The third-order valence-corrected chi connectivity index (χ3v) is 6.97. The van der Waals surface area contributed by atoms with E-state index < -0.39 is 0 Å². The number of urea groups is 1. The lowest BCUT2D eigenvalue weighted by molar-refractivity contribution is -0.118. The van der Waals surface area contributed by atoms with Crippen LogP contribution in [0.5, 0.6) is 0 Å². The standard InChI is InChI=1S/C25H31N3O2/c1-27(2)25(21-11-7-4-8-12-21)15-13-24(14-16-25)19-28(23(30)26-24)18-22(29)17-20-9-5-3-6-10-20/h3-12H,13-19H2,1-2H3,(H,26,30). The van der Waals surface area contributed by atoms with Crippen LogP contribution in [0.25, 0.3) is 0 Å². The van der Waals surface area contributed by atoms with Crippen LogP contribution in [0, 0.1) is 0 Å². The zero-order valence-corrected chi connectivity index (χ0v) is 17.9. The first-order valence-corrected chi connectivity index (χ1v) is 10.8. The summed E-state index contributed by atoms with van der Waals surface area (Å²) < 4.78 is 0. The van der Waals surface area contributed by atoms with E-state index in [-0.39, 0.29) is 29.4 Å². The highest BCUT2D eigenvalue weighted by molar-refractivity contribution is 5.88. The van der Waals surface area contributed by atoms with Gasteiger partial charge in [0.2, 0.25) is 0 Å². The second kappa shape index (κ2) is 8.23. The van der Waals surface area contributed by atoms with Crippen LogP contribution in [-0.2, 0) is 16.8 Å². The minimum Gasteiger partial charge on any atom is -0.331 e. The summed E-state index contributed by atoms with van der Waals surface area (Å²) >= 11 is 0. The molecule has 2 aliphatic rings. The minimum atomic E-state index is -0.224. The highest BCUT2D eigenvalue weighted by Crippen LogP contribution is 2.45. The van der Waals surface area contributed by atoms with Gasteiger partial charge in [-0.05, 0) is 50.9 Å². The molecule has 4 rings (SSSR count). The Kier molecular flexibility index (Phi) is 5.65. The monoisotopic (exact) mass is 405 g/mol. The molecule has 30 heavy (non-hydrogen) atoms. The number of nitrogens with zero attached hydrogens (tertiary/aromatic N) is 2. The molecular weight excluding hydrogens is 374 g/mol. The van der Waals surface area contributed by atoms with Crippen LogP contribution in [0.2, 0.25) is 0 Å². The number of hydrogen-bond acceptors (Lipinski definition) is 3. The molecule has 0 radical (unpaired) electrons. The van der Waals surface area contributed by atoms with Crippen molar-refractivity contribution in [2.75, 3.05) is 27.2 Å². The number of Topliss-reactive ketones (excluding diaryl/α,β-unsaturated/α-hetero) is 1. The molecule has 1 heterocycles. The van der Waals surface area contributed by atoms with Gasteiger partial charge in [-0.15, -0.1) is 0 Å². The summed E-state index contributed by atoms with van der Waals surface area (Å²) in [4.78, 5) is 29.2. The van der Waals surface area contributed by atoms with Crippen molar-refractivity contribution >= 4 is 11.8 Å². The molecule has 2 fully saturated rings. The average molecular weight is 406 g/mol. The van der Waals surface area contributed by atoms with Crippen molar-refractivity contribution in [3.8, 4) is 0 Å². The molecule has 1 aliphatic heterocycles. The van der Waals surface area contributed by atoms with Gasteiger partial charge in [-0.3, -0.25) is 9.69 Å². The highest BCUT2D eigenvalue weighted by Gasteiger charge is 2.50. The van der Waals surface area contributed by atoms with E-state index in [1.54, 1.807) is 4.90 Å². The Bertz CT molecular complexity index is 887. The fourth-order valence-corrected chi connectivity index (χ4v) is 5.17. The fourth-order valence-electron chi connectivity index (χ4n) is 5.17. The molecule has 2 amide bonds. The van der Waals surface area contributed by atoms with Gasteiger partial charge in [-0.2, -0.15) is 0 Å². The van der Waals surface area contributed by atoms with Crippen LogP contribution in [0.1, 0.15) is 36.8 Å². The van der Waals surface area contributed by atoms with Crippen LogP contribution in [0.15, 0.2) is 60.7 Å². The topological polar surface area (TPSA) is 52.7 Å². The van der Waals surface area contributed by atoms with Gasteiger partial charge in [-0.1, -0.05) is 60.7 Å². The Morgan fingerprint density at radius 2 is 1.57 bits per heavy atom. The van der Waals surface area contributed by atoms with Crippen molar-refractivity contribution in [1.82, 2.24) is 15.1 Å². The summed E-state index contributed by atoms with van der Waals surface area (Å²) in [6, 6.07) is 20.3. The molecule has 0 unspecified atom stereocenters. The SMILES string of the molecule is CN(C)C1(c2ccccc2)CCC2(CC1)CN(CC(=O)Cc1ccccc1)C(=O)N2. The van der Waals surface area contributed by atoms with Crippen LogP contribution in [0.4, 0.5) is 4.79 Å². The molecule has 1 aliphatic carbocycles. The van der Waals surface area contributed by atoms with Gasteiger partial charge in [0.15, 0.2) is 5.78 Å². The van der Waals surface area contributed by atoms with Crippen LogP contribution >= 0.6 is 0 Å². The van der Waals surface area contributed by atoms with Crippen molar-refractivity contribution in [2.45, 2.75) is 43.2 Å². The van der Waals surface area contributed by atoms with Gasteiger partial charge in [0, 0.05) is 18.5 Å². The van der Waals surface area contributed by atoms with E-state index in [0.717, 1.165) is 31.2 Å². The molecule has 2 aromatic rings. The van der Waals surface area contributed by atoms with Crippen molar-refractivity contribution in [3.05, 3.63) is 71.8 Å². The lowest BCUT2D eigenvalue weighted by atomic mass is 9.69. The summed E-state index contributed by atoms with van der Waals surface area (Å²) in [6.45, 7) is 0.796. The molecule has 1 saturated heterocycles. The lowest BCUT2D eigenvalue weighted by Crippen LogP contribution is -2.54. The first-order chi connectivity index (χ1) is 14.4. The summed E-state index contributed by atoms with van der Waals surface area (Å²) in [5, 5.41) is 3.23. The summed E-state index contributed by atoms with van der Waals surface area (Å²) in [6.07, 6.45) is 4.16. The Hall–Kier alpha value is -2.66. The van der Waals surface area contributed by atoms with E-state index in [0.29, 0.717) is 13.0 Å². The number of rotatable bonds is 6. The fraction of sp³-hybridized carbons (Fsp3) is 0.440. The third-order valence-electron chi connectivity index (χ3n) is 6.97. The van der Waals surface area contributed by atoms with Gasteiger partial charge in [0.05, 0.1) is 12.1 Å². The number of benzene rings is 2. The van der Waals surface area contributed by atoms with Gasteiger partial charge < -0.3 is 10.2 Å². The number of carbonyl (C=O) groups is 2. The average Bonchev–Trinajstić information content (AvgIpc) is 3.04. The van der Waals surface area contributed by atoms with E-state index >= 15 is 0 Å². The molecule has 1 N–H and O–H groups in total. The molecule has 158 valence electrons. The van der Waals surface area contributed by atoms with E-state index in [1.807, 2.05) is 30.3 Å². The molecule has 5 heteroatoms. The van der Waals surface area contributed by atoms with Gasteiger partial charge >= 0.3 is 6.03 Å². The molecule has 0 aromatic heterocycles. The van der Waals surface area contributed by atoms with E-state index in [1.165, 1.54) is 5.56 Å². The predicted octanol–water partition coefficient (Wildman–Crippen LogP) is 3.59. The largest absolute Gasteiger partial charge is 0.331 e. The summed E-state index contributed by atoms with van der Waals surface area (Å²) in [7, 11) is 4.29. The maximum Gasteiger partial charge on any atom is 0.318 e. The molecule has 0 bridgehead atoms. The third kappa shape index (κ3) is 3.99. The van der Waals surface area contributed by atoms with Crippen LogP contribution in [0.3, 0.4) is 0 Å². The molecular formula is C25H31N3O2. The number of amides is 2. The molecule has 5 nitrogen and oxygen atoms in total. The Morgan fingerprint density at radius 1 is 0.967 bits per heavy atom. The first-order valence-electron chi connectivity index (χ1n) is 10.8. The van der Waals surface area contributed by atoms with Crippen LogP contribution < -0.4 is 5.32 Å². The molecule has 1 saturated carbocycles. The van der Waals surface area contributed by atoms with E-state index in [4.69, 9.17) is 0 Å². The Balaban J connectivity index is 1.41. The first kappa shape index (κ1) is 20.6. The lowest BCUT2D eigenvalue weighted by Gasteiger charge is -2.48. The smallest absolute Gasteiger partial charge is 0.318 e. The maximum atomic E-state index is 12.7. The van der Waals surface area contributed by atoms with E-state index in [9.17, 15) is 9.59 Å². The highest BCUT2D eigenvalue weighted by atomic mass is 16.2. The second-order valence-electron chi connectivity index (χ2n) is 9.06. The second-order valence-corrected chi connectivity index (χ2v) is 9.06. The van der Waals surface area contributed by atoms with Gasteiger partial charge in [-0.25, -0.2) is 4.79 Å². The summed E-state index contributed by atoms with van der Waals surface area (Å²) in [5.41, 5.74) is 2.10. The molecule has 0 atom stereocenters. The Morgan fingerprint density at radius 3 is 2.17 bits per heavy atom. The van der Waals surface area contributed by atoms with Gasteiger partial charge in [0.25, 0.3) is 0 Å². The van der Waals surface area contributed by atoms with Crippen molar-refractivity contribution < 1.29 is 9.59 Å². The minimum absolute atomic E-state index is 0.00616. The number of ketones is 1. The molecule has 2 aromatic carbocycles. The zero-order chi connectivity index (χ0) is 21.2. The normalized spacial score (nSPS) is 26.2. The number of carbonyl (C=O) groups excluding carboxylic acids is 2. The van der Waals surface area contributed by atoms with Crippen molar-refractivity contribution in [3.63, 3.8) is 0 Å². The zero-order valence-electron chi connectivity index (χ0n) is 17.9. The van der Waals surface area contributed by atoms with Crippen molar-refractivity contribution in [2.24, 2.45) is 0 Å². The quantitative estimate of drug-likeness (QED) is 0.799.